The summed E-state index contributed by atoms with van der Waals surface area (Å²) in [6.07, 6.45) is 0.898. The molecular weight excluding hydrogens is 334 g/mol. The van der Waals surface area contributed by atoms with Gasteiger partial charge in [-0.1, -0.05) is 48.9 Å². The standard InChI is InChI=1S/C20H24ClN3O/c1-2-15-6-3-4-9-18(15)23-20(25)14-24-11-10-22-13-19(24)16-7-5-8-17(21)12-16/h3-9,12,19,22H,2,10-11,13-14H2,1H3,(H,23,25). The van der Waals surface area contributed by atoms with E-state index in [4.69, 9.17) is 11.6 Å². The third kappa shape index (κ3) is 4.60. The summed E-state index contributed by atoms with van der Waals surface area (Å²) in [5.74, 6) is 0.0230. The van der Waals surface area contributed by atoms with Crippen LogP contribution in [0.2, 0.25) is 5.02 Å². The first-order chi connectivity index (χ1) is 12.2. The first-order valence-corrected chi connectivity index (χ1v) is 9.13. The summed E-state index contributed by atoms with van der Waals surface area (Å²) < 4.78 is 0. The van der Waals surface area contributed by atoms with E-state index in [1.807, 2.05) is 36.4 Å². The summed E-state index contributed by atoms with van der Waals surface area (Å²) in [4.78, 5) is 14.8. The van der Waals surface area contributed by atoms with Crippen molar-refractivity contribution in [3.63, 3.8) is 0 Å². The van der Waals surface area contributed by atoms with Gasteiger partial charge in [-0.3, -0.25) is 9.69 Å². The highest BCUT2D eigenvalue weighted by Crippen LogP contribution is 2.24. The summed E-state index contributed by atoms with van der Waals surface area (Å²) in [7, 11) is 0. The van der Waals surface area contributed by atoms with Crippen molar-refractivity contribution in [2.24, 2.45) is 0 Å². The number of halogens is 1. The van der Waals surface area contributed by atoms with E-state index in [0.29, 0.717) is 6.54 Å². The number of aryl methyl sites for hydroxylation is 1. The van der Waals surface area contributed by atoms with Gasteiger partial charge in [0.05, 0.1) is 6.54 Å². The summed E-state index contributed by atoms with van der Waals surface area (Å²) >= 11 is 6.14. The molecule has 0 saturated carbocycles. The molecule has 2 aromatic rings. The lowest BCUT2D eigenvalue weighted by atomic mass is 10.0. The number of hydrogen-bond acceptors (Lipinski definition) is 3. The number of amides is 1. The van der Waals surface area contributed by atoms with Crippen LogP contribution in [0.25, 0.3) is 0 Å². The van der Waals surface area contributed by atoms with Crippen LogP contribution in [-0.2, 0) is 11.2 Å². The van der Waals surface area contributed by atoms with Crippen LogP contribution in [0.4, 0.5) is 5.69 Å². The maximum Gasteiger partial charge on any atom is 0.238 e. The van der Waals surface area contributed by atoms with Crippen molar-refractivity contribution >= 4 is 23.2 Å². The Morgan fingerprint density at radius 1 is 1.28 bits per heavy atom. The van der Waals surface area contributed by atoms with Gasteiger partial charge in [-0.2, -0.15) is 0 Å². The number of nitrogens with zero attached hydrogens (tertiary/aromatic N) is 1. The summed E-state index contributed by atoms with van der Waals surface area (Å²) in [5.41, 5.74) is 3.20. The van der Waals surface area contributed by atoms with Crippen molar-refractivity contribution in [3.05, 3.63) is 64.7 Å². The Labute approximate surface area is 154 Å². The molecule has 1 amide bonds. The van der Waals surface area contributed by atoms with Crippen molar-refractivity contribution in [1.29, 1.82) is 0 Å². The van der Waals surface area contributed by atoms with Gasteiger partial charge in [-0.25, -0.2) is 0 Å². The van der Waals surface area contributed by atoms with E-state index in [-0.39, 0.29) is 11.9 Å². The Morgan fingerprint density at radius 3 is 2.92 bits per heavy atom. The van der Waals surface area contributed by atoms with Crippen LogP contribution >= 0.6 is 11.6 Å². The lowest BCUT2D eigenvalue weighted by Gasteiger charge is -2.36. The maximum atomic E-state index is 12.6. The van der Waals surface area contributed by atoms with E-state index >= 15 is 0 Å². The van der Waals surface area contributed by atoms with Crippen molar-refractivity contribution in [2.75, 3.05) is 31.5 Å². The first kappa shape index (κ1) is 17.9. The number of carbonyl (C=O) groups excluding carboxylic acids is 1. The molecule has 3 rings (SSSR count). The quantitative estimate of drug-likeness (QED) is 0.861. The second-order valence-electron chi connectivity index (χ2n) is 6.30. The third-order valence-corrected chi connectivity index (χ3v) is 4.84. The number of rotatable bonds is 5. The molecule has 0 aliphatic carbocycles. The molecular formula is C20H24ClN3O. The molecule has 1 atom stereocenters. The van der Waals surface area contributed by atoms with Crippen LogP contribution < -0.4 is 10.6 Å². The molecule has 1 fully saturated rings. The lowest BCUT2D eigenvalue weighted by molar-refractivity contribution is -0.118. The predicted octanol–water partition coefficient (Wildman–Crippen LogP) is 3.49. The maximum absolute atomic E-state index is 12.6. The van der Waals surface area contributed by atoms with Crippen LogP contribution in [0.1, 0.15) is 24.1 Å². The molecule has 1 heterocycles. The normalized spacial score (nSPS) is 18.1. The smallest absolute Gasteiger partial charge is 0.238 e. The minimum Gasteiger partial charge on any atom is -0.325 e. The number of hydrogen-bond donors (Lipinski definition) is 2. The van der Waals surface area contributed by atoms with Gasteiger partial charge in [-0.05, 0) is 35.7 Å². The number of para-hydroxylation sites is 1. The highest BCUT2D eigenvalue weighted by molar-refractivity contribution is 6.30. The van der Waals surface area contributed by atoms with E-state index in [2.05, 4.69) is 34.6 Å². The minimum atomic E-state index is 0.0230. The van der Waals surface area contributed by atoms with Crippen molar-refractivity contribution < 1.29 is 4.79 Å². The van der Waals surface area contributed by atoms with Crippen molar-refractivity contribution in [1.82, 2.24) is 10.2 Å². The van der Waals surface area contributed by atoms with E-state index in [1.54, 1.807) is 0 Å². The Morgan fingerprint density at radius 2 is 2.12 bits per heavy atom. The predicted molar refractivity (Wildman–Crippen MR) is 103 cm³/mol. The number of nitrogens with one attached hydrogen (secondary N) is 2. The van der Waals surface area contributed by atoms with Gasteiger partial charge in [-0.15, -0.1) is 0 Å². The van der Waals surface area contributed by atoms with Gasteiger partial charge in [0, 0.05) is 36.4 Å². The highest BCUT2D eigenvalue weighted by Gasteiger charge is 2.25. The number of piperazine rings is 1. The lowest BCUT2D eigenvalue weighted by Crippen LogP contribution is -2.48. The molecule has 132 valence electrons. The fraction of sp³-hybridized carbons (Fsp3) is 0.350. The largest absolute Gasteiger partial charge is 0.325 e. The van der Waals surface area contributed by atoms with Gasteiger partial charge in [0.25, 0.3) is 0 Å². The number of benzene rings is 2. The zero-order valence-corrected chi connectivity index (χ0v) is 15.2. The Balaban J connectivity index is 1.70. The summed E-state index contributed by atoms with van der Waals surface area (Å²) in [5, 5.41) is 7.20. The number of anilines is 1. The Bertz CT molecular complexity index is 734. The van der Waals surface area contributed by atoms with Crippen molar-refractivity contribution in [2.45, 2.75) is 19.4 Å². The Hall–Kier alpha value is -1.88. The van der Waals surface area contributed by atoms with Gasteiger partial charge in [0.2, 0.25) is 5.91 Å². The minimum absolute atomic E-state index is 0.0230. The molecule has 0 radical (unpaired) electrons. The van der Waals surface area contributed by atoms with E-state index in [9.17, 15) is 4.79 Å². The van der Waals surface area contributed by atoms with E-state index in [0.717, 1.165) is 47.9 Å². The van der Waals surface area contributed by atoms with Crippen LogP contribution in [-0.4, -0.2) is 37.0 Å². The average molecular weight is 358 g/mol. The molecule has 2 aromatic carbocycles. The molecule has 1 aliphatic rings. The molecule has 1 unspecified atom stereocenters. The second kappa shape index (κ2) is 8.48. The fourth-order valence-electron chi connectivity index (χ4n) is 3.30. The second-order valence-corrected chi connectivity index (χ2v) is 6.74. The molecule has 2 N–H and O–H groups in total. The highest BCUT2D eigenvalue weighted by atomic mass is 35.5. The van der Waals surface area contributed by atoms with E-state index in [1.165, 1.54) is 0 Å². The molecule has 0 aromatic heterocycles. The van der Waals surface area contributed by atoms with Crippen molar-refractivity contribution in [3.8, 4) is 0 Å². The van der Waals surface area contributed by atoms with Crippen LogP contribution in [0.3, 0.4) is 0 Å². The zero-order chi connectivity index (χ0) is 17.6. The molecule has 1 saturated heterocycles. The number of carbonyl (C=O) groups is 1. The summed E-state index contributed by atoms with van der Waals surface area (Å²) in [6, 6.07) is 16.0. The monoisotopic (exact) mass is 357 g/mol. The van der Waals surface area contributed by atoms with Gasteiger partial charge >= 0.3 is 0 Å². The average Bonchev–Trinajstić information content (AvgIpc) is 2.62. The molecule has 25 heavy (non-hydrogen) atoms. The summed E-state index contributed by atoms with van der Waals surface area (Å²) in [6.45, 7) is 5.00. The molecule has 1 aliphatic heterocycles. The fourth-order valence-corrected chi connectivity index (χ4v) is 3.50. The SMILES string of the molecule is CCc1ccccc1NC(=O)CN1CCNCC1c1cccc(Cl)c1. The molecule has 5 heteroatoms. The molecule has 4 nitrogen and oxygen atoms in total. The van der Waals surface area contributed by atoms with Crippen LogP contribution in [0.15, 0.2) is 48.5 Å². The van der Waals surface area contributed by atoms with Gasteiger partial charge < -0.3 is 10.6 Å². The zero-order valence-electron chi connectivity index (χ0n) is 14.5. The van der Waals surface area contributed by atoms with Gasteiger partial charge in [0.15, 0.2) is 0 Å². The van der Waals surface area contributed by atoms with Crippen LogP contribution in [0.5, 0.6) is 0 Å². The first-order valence-electron chi connectivity index (χ1n) is 8.75. The van der Waals surface area contributed by atoms with Crippen LogP contribution in [0, 0.1) is 0 Å². The van der Waals surface area contributed by atoms with E-state index < -0.39 is 0 Å². The third-order valence-electron chi connectivity index (χ3n) is 4.61. The Kier molecular flexibility index (Phi) is 6.08. The molecule has 0 bridgehead atoms. The topological polar surface area (TPSA) is 44.4 Å². The molecule has 0 spiro atoms. The van der Waals surface area contributed by atoms with Gasteiger partial charge in [0.1, 0.15) is 0 Å².